The highest BCUT2D eigenvalue weighted by atomic mass is 16.2. The second-order valence-electron chi connectivity index (χ2n) is 7.33. The number of para-hydroxylation sites is 1. The maximum absolute atomic E-state index is 12.3. The molecule has 152 valence electrons. The first-order valence-corrected chi connectivity index (χ1v) is 9.97. The van der Waals surface area contributed by atoms with Gasteiger partial charge in [-0.3, -0.25) is 4.79 Å². The van der Waals surface area contributed by atoms with E-state index in [1.54, 1.807) is 4.90 Å². The number of likely N-dealkylation sites (tertiary alicyclic amines) is 1. The molecule has 0 aromatic heterocycles. The topological polar surface area (TPSA) is 73.5 Å². The predicted octanol–water partition coefficient (Wildman–Crippen LogP) is 4.35. The zero-order chi connectivity index (χ0) is 20.8. The zero-order valence-corrected chi connectivity index (χ0v) is 16.5. The number of hydrogen-bond acceptors (Lipinski definition) is 3. The molecule has 0 spiro atoms. The lowest BCUT2D eigenvalue weighted by Crippen LogP contribution is -2.39. The number of amides is 3. The van der Waals surface area contributed by atoms with Crippen LogP contribution in [0.15, 0.2) is 84.9 Å². The first-order chi connectivity index (χ1) is 14.7. The first kappa shape index (κ1) is 19.5. The number of hydrogen-bond donors (Lipinski definition) is 3. The van der Waals surface area contributed by atoms with Crippen LogP contribution in [0.1, 0.15) is 12.0 Å². The van der Waals surface area contributed by atoms with E-state index < -0.39 is 0 Å². The van der Waals surface area contributed by atoms with Gasteiger partial charge in [0.05, 0.1) is 6.04 Å². The highest BCUT2D eigenvalue weighted by molar-refractivity contribution is 5.90. The Bertz CT molecular complexity index is 991. The van der Waals surface area contributed by atoms with E-state index in [4.69, 9.17) is 0 Å². The van der Waals surface area contributed by atoms with Crippen LogP contribution in [-0.4, -0.2) is 29.4 Å². The van der Waals surface area contributed by atoms with Gasteiger partial charge in [0.15, 0.2) is 0 Å². The Balaban J connectivity index is 1.27. The van der Waals surface area contributed by atoms with Crippen molar-refractivity contribution in [3.63, 3.8) is 0 Å². The lowest BCUT2D eigenvalue weighted by atomic mass is 10.2. The summed E-state index contributed by atoms with van der Waals surface area (Å²) in [5.74, 6) is 0.0560. The summed E-state index contributed by atoms with van der Waals surface area (Å²) in [4.78, 5) is 26.4. The number of carbonyl (C=O) groups excluding carboxylic acids is 2. The third-order valence-corrected chi connectivity index (χ3v) is 4.97. The molecule has 1 atom stereocenters. The Morgan fingerprint density at radius 2 is 1.43 bits per heavy atom. The fraction of sp³-hybridized carbons (Fsp3) is 0.167. The molecule has 0 saturated carbocycles. The number of carbonyl (C=O) groups is 2. The van der Waals surface area contributed by atoms with Crippen LogP contribution in [0.3, 0.4) is 0 Å². The Kier molecular flexibility index (Phi) is 5.94. The number of nitrogens with one attached hydrogen (secondary N) is 3. The standard InChI is InChI=1S/C24H24N4O2/c29-23-15-22(17-28(23)16-18-7-3-1-4-8-18)27-24(30)26-21-13-11-20(12-14-21)25-19-9-5-2-6-10-19/h1-14,22,25H,15-17H2,(H2,26,27,30). The Morgan fingerprint density at radius 1 is 0.833 bits per heavy atom. The predicted molar refractivity (Wildman–Crippen MR) is 119 cm³/mol. The van der Waals surface area contributed by atoms with Gasteiger partial charge in [0, 0.05) is 36.6 Å². The molecule has 30 heavy (non-hydrogen) atoms. The highest BCUT2D eigenvalue weighted by Gasteiger charge is 2.30. The molecule has 1 aliphatic heterocycles. The fourth-order valence-electron chi connectivity index (χ4n) is 3.50. The van der Waals surface area contributed by atoms with Gasteiger partial charge < -0.3 is 20.9 Å². The van der Waals surface area contributed by atoms with Gasteiger partial charge in [-0.25, -0.2) is 4.79 Å². The smallest absolute Gasteiger partial charge is 0.319 e. The molecule has 0 radical (unpaired) electrons. The minimum Gasteiger partial charge on any atom is -0.356 e. The molecule has 4 rings (SSSR count). The van der Waals surface area contributed by atoms with Crippen LogP contribution in [0.4, 0.5) is 21.9 Å². The molecule has 0 aliphatic carbocycles. The summed E-state index contributed by atoms with van der Waals surface area (Å²) < 4.78 is 0. The molecule has 3 amide bonds. The summed E-state index contributed by atoms with van der Waals surface area (Å²) in [6.45, 7) is 1.08. The van der Waals surface area contributed by atoms with Crippen LogP contribution in [0.25, 0.3) is 0 Å². The van der Waals surface area contributed by atoms with Crippen LogP contribution in [-0.2, 0) is 11.3 Å². The van der Waals surface area contributed by atoms with E-state index in [0.717, 1.165) is 16.9 Å². The SMILES string of the molecule is O=C(Nc1ccc(Nc2ccccc2)cc1)NC1CC(=O)N(Cc2ccccc2)C1. The first-order valence-electron chi connectivity index (χ1n) is 9.97. The Morgan fingerprint density at radius 3 is 2.13 bits per heavy atom. The second-order valence-corrected chi connectivity index (χ2v) is 7.33. The van der Waals surface area contributed by atoms with E-state index in [-0.39, 0.29) is 18.0 Å². The van der Waals surface area contributed by atoms with Crippen molar-refractivity contribution in [2.45, 2.75) is 19.0 Å². The third-order valence-electron chi connectivity index (χ3n) is 4.97. The monoisotopic (exact) mass is 400 g/mol. The minimum absolute atomic E-state index is 0.0560. The van der Waals surface area contributed by atoms with E-state index in [1.807, 2.05) is 84.9 Å². The van der Waals surface area contributed by atoms with Crippen molar-refractivity contribution in [1.82, 2.24) is 10.2 Å². The van der Waals surface area contributed by atoms with Crippen molar-refractivity contribution < 1.29 is 9.59 Å². The normalized spacial score (nSPS) is 15.7. The molecule has 1 fully saturated rings. The molecule has 1 heterocycles. The molecule has 3 aromatic carbocycles. The maximum atomic E-state index is 12.3. The van der Waals surface area contributed by atoms with Gasteiger partial charge in [0.1, 0.15) is 0 Å². The average Bonchev–Trinajstić information content (AvgIpc) is 3.09. The van der Waals surface area contributed by atoms with Crippen LogP contribution in [0.2, 0.25) is 0 Å². The molecule has 6 nitrogen and oxygen atoms in total. The number of rotatable bonds is 6. The molecule has 6 heteroatoms. The summed E-state index contributed by atoms with van der Waals surface area (Å²) in [5, 5.41) is 9.03. The van der Waals surface area contributed by atoms with Gasteiger partial charge in [-0.2, -0.15) is 0 Å². The summed E-state index contributed by atoms with van der Waals surface area (Å²) in [6.07, 6.45) is 0.320. The Hall–Kier alpha value is -3.80. The van der Waals surface area contributed by atoms with Crippen molar-refractivity contribution in [3.8, 4) is 0 Å². The van der Waals surface area contributed by atoms with Crippen molar-refractivity contribution in [3.05, 3.63) is 90.5 Å². The van der Waals surface area contributed by atoms with Gasteiger partial charge in [0.2, 0.25) is 5.91 Å². The van der Waals surface area contributed by atoms with Crippen molar-refractivity contribution in [2.24, 2.45) is 0 Å². The van der Waals surface area contributed by atoms with Gasteiger partial charge in [0.25, 0.3) is 0 Å². The van der Waals surface area contributed by atoms with Gasteiger partial charge in [-0.15, -0.1) is 0 Å². The van der Waals surface area contributed by atoms with Gasteiger partial charge >= 0.3 is 6.03 Å². The van der Waals surface area contributed by atoms with E-state index in [0.29, 0.717) is 25.2 Å². The van der Waals surface area contributed by atoms with E-state index in [9.17, 15) is 9.59 Å². The number of benzene rings is 3. The molecule has 3 N–H and O–H groups in total. The van der Waals surface area contributed by atoms with Gasteiger partial charge in [-0.05, 0) is 42.0 Å². The fourth-order valence-corrected chi connectivity index (χ4v) is 3.50. The van der Waals surface area contributed by atoms with Crippen molar-refractivity contribution in [1.29, 1.82) is 0 Å². The van der Waals surface area contributed by atoms with E-state index >= 15 is 0 Å². The lowest BCUT2D eigenvalue weighted by molar-refractivity contribution is -0.128. The molecule has 1 saturated heterocycles. The average molecular weight is 400 g/mol. The van der Waals surface area contributed by atoms with Gasteiger partial charge in [-0.1, -0.05) is 48.5 Å². The van der Waals surface area contributed by atoms with E-state index in [1.165, 1.54) is 0 Å². The Labute approximate surface area is 175 Å². The summed E-state index contributed by atoms with van der Waals surface area (Å²) in [5.41, 5.74) is 3.71. The van der Waals surface area contributed by atoms with Crippen LogP contribution < -0.4 is 16.0 Å². The quantitative estimate of drug-likeness (QED) is 0.576. The molecule has 1 unspecified atom stereocenters. The number of anilines is 3. The van der Waals surface area contributed by atoms with Crippen molar-refractivity contribution in [2.75, 3.05) is 17.2 Å². The maximum Gasteiger partial charge on any atom is 0.319 e. The molecular weight excluding hydrogens is 376 g/mol. The third kappa shape index (κ3) is 5.17. The highest BCUT2D eigenvalue weighted by Crippen LogP contribution is 2.19. The summed E-state index contributed by atoms with van der Waals surface area (Å²) in [6, 6.07) is 26.7. The molecule has 0 bridgehead atoms. The van der Waals surface area contributed by atoms with E-state index in [2.05, 4.69) is 16.0 Å². The second kappa shape index (κ2) is 9.13. The largest absolute Gasteiger partial charge is 0.356 e. The summed E-state index contributed by atoms with van der Waals surface area (Å²) in [7, 11) is 0. The van der Waals surface area contributed by atoms with Crippen LogP contribution >= 0.6 is 0 Å². The zero-order valence-electron chi connectivity index (χ0n) is 16.5. The minimum atomic E-state index is -0.307. The molecular formula is C24H24N4O2. The molecule has 1 aliphatic rings. The number of nitrogens with zero attached hydrogens (tertiary/aromatic N) is 1. The number of urea groups is 1. The summed E-state index contributed by atoms with van der Waals surface area (Å²) >= 11 is 0. The lowest BCUT2D eigenvalue weighted by Gasteiger charge is -2.17. The molecule has 3 aromatic rings. The van der Waals surface area contributed by atoms with Crippen LogP contribution in [0.5, 0.6) is 0 Å². The van der Waals surface area contributed by atoms with Crippen LogP contribution in [0, 0.1) is 0 Å². The van der Waals surface area contributed by atoms with Crippen molar-refractivity contribution >= 4 is 29.0 Å².